The molecule has 102 valence electrons. The average molecular weight is 270 g/mol. The Balaban J connectivity index is 1.91. The molecule has 2 amide bonds. The highest BCUT2D eigenvalue weighted by molar-refractivity contribution is 5.90. The fourth-order valence-corrected chi connectivity index (χ4v) is 1.63. The SMILES string of the molecule is O=C(NCC1(C(=O)O)CC1)Nc1cc(F)ccc1F. The second-order valence-electron chi connectivity index (χ2n) is 4.52. The fourth-order valence-electron chi connectivity index (χ4n) is 1.63. The van der Waals surface area contributed by atoms with Crippen LogP contribution in [0.5, 0.6) is 0 Å². The molecule has 0 spiro atoms. The number of carbonyl (C=O) groups excluding carboxylic acids is 1. The Labute approximate surface area is 107 Å². The van der Waals surface area contributed by atoms with Crippen molar-refractivity contribution in [2.24, 2.45) is 5.41 Å². The number of hydrogen-bond acceptors (Lipinski definition) is 2. The number of halogens is 2. The van der Waals surface area contributed by atoms with E-state index in [-0.39, 0.29) is 12.2 Å². The number of nitrogens with one attached hydrogen (secondary N) is 2. The topological polar surface area (TPSA) is 78.4 Å². The summed E-state index contributed by atoms with van der Waals surface area (Å²) in [5.41, 5.74) is -1.20. The first-order valence-electron chi connectivity index (χ1n) is 5.66. The van der Waals surface area contributed by atoms with E-state index in [9.17, 15) is 18.4 Å². The number of amides is 2. The van der Waals surface area contributed by atoms with Crippen LogP contribution in [0.2, 0.25) is 0 Å². The van der Waals surface area contributed by atoms with E-state index < -0.39 is 29.0 Å². The van der Waals surface area contributed by atoms with Gasteiger partial charge in [0.2, 0.25) is 0 Å². The number of anilines is 1. The minimum absolute atomic E-state index is 0.0366. The molecule has 0 heterocycles. The standard InChI is InChI=1S/C12H12F2N2O3/c13-7-1-2-8(14)9(5-7)16-11(19)15-6-12(3-4-12)10(17)18/h1-2,5H,3-4,6H2,(H,17,18)(H2,15,16,19). The third kappa shape index (κ3) is 2.98. The minimum atomic E-state index is -0.968. The summed E-state index contributed by atoms with van der Waals surface area (Å²) in [5, 5.41) is 13.4. The molecular formula is C12H12F2N2O3. The average Bonchev–Trinajstić information content (AvgIpc) is 3.12. The Morgan fingerprint density at radius 1 is 1.32 bits per heavy atom. The third-order valence-electron chi connectivity index (χ3n) is 3.07. The number of rotatable bonds is 4. The van der Waals surface area contributed by atoms with Crippen LogP contribution >= 0.6 is 0 Å². The highest BCUT2D eigenvalue weighted by Gasteiger charge is 2.50. The van der Waals surface area contributed by atoms with E-state index in [1.807, 2.05) is 0 Å². The first kappa shape index (κ1) is 13.3. The molecule has 1 fully saturated rings. The fraction of sp³-hybridized carbons (Fsp3) is 0.333. The van der Waals surface area contributed by atoms with Crippen molar-refractivity contribution < 1.29 is 23.5 Å². The van der Waals surface area contributed by atoms with Gasteiger partial charge in [-0.1, -0.05) is 0 Å². The molecule has 1 aromatic carbocycles. The first-order chi connectivity index (χ1) is 8.93. The molecule has 19 heavy (non-hydrogen) atoms. The van der Waals surface area contributed by atoms with Crippen molar-refractivity contribution in [1.82, 2.24) is 5.32 Å². The van der Waals surface area contributed by atoms with Crippen LogP contribution in [0.3, 0.4) is 0 Å². The number of carbonyl (C=O) groups is 2. The molecule has 0 aromatic heterocycles. The van der Waals surface area contributed by atoms with Gasteiger partial charge in [0.15, 0.2) is 0 Å². The number of carboxylic acid groups (broad SMARTS) is 1. The number of carboxylic acids is 1. The lowest BCUT2D eigenvalue weighted by atomic mass is 10.1. The van der Waals surface area contributed by atoms with Gasteiger partial charge in [0.1, 0.15) is 11.6 Å². The molecule has 0 aliphatic heterocycles. The van der Waals surface area contributed by atoms with Gasteiger partial charge >= 0.3 is 12.0 Å². The van der Waals surface area contributed by atoms with E-state index in [0.29, 0.717) is 12.8 Å². The van der Waals surface area contributed by atoms with Crippen LogP contribution in [0.25, 0.3) is 0 Å². The summed E-state index contributed by atoms with van der Waals surface area (Å²) in [4.78, 5) is 22.3. The molecule has 7 heteroatoms. The molecule has 3 N–H and O–H groups in total. The van der Waals surface area contributed by atoms with Crippen LogP contribution in [0.4, 0.5) is 19.3 Å². The summed E-state index contributed by atoms with van der Waals surface area (Å²) in [6, 6.07) is 1.91. The maximum absolute atomic E-state index is 13.2. The molecule has 5 nitrogen and oxygen atoms in total. The van der Waals surface area contributed by atoms with E-state index in [1.54, 1.807) is 0 Å². The van der Waals surface area contributed by atoms with Crippen molar-refractivity contribution in [3.05, 3.63) is 29.8 Å². The zero-order valence-corrected chi connectivity index (χ0v) is 9.87. The Morgan fingerprint density at radius 3 is 2.58 bits per heavy atom. The summed E-state index contributed by atoms with van der Waals surface area (Å²) in [6.07, 6.45) is 0.994. The van der Waals surface area contributed by atoms with Crippen LogP contribution in [0.15, 0.2) is 18.2 Å². The van der Waals surface area contributed by atoms with Crippen LogP contribution in [-0.2, 0) is 4.79 Å². The number of hydrogen-bond donors (Lipinski definition) is 3. The predicted molar refractivity (Wildman–Crippen MR) is 62.7 cm³/mol. The maximum atomic E-state index is 13.2. The summed E-state index contributed by atoms with van der Waals surface area (Å²) < 4.78 is 26.1. The van der Waals surface area contributed by atoms with Gasteiger partial charge in [0.25, 0.3) is 0 Å². The maximum Gasteiger partial charge on any atom is 0.319 e. The predicted octanol–water partition coefficient (Wildman–Crippen LogP) is 1.95. The second kappa shape index (κ2) is 4.83. The number of urea groups is 1. The van der Waals surface area contributed by atoms with Crippen molar-refractivity contribution in [2.45, 2.75) is 12.8 Å². The van der Waals surface area contributed by atoms with Crippen LogP contribution in [0.1, 0.15) is 12.8 Å². The van der Waals surface area contributed by atoms with Crippen LogP contribution in [0, 0.1) is 17.0 Å². The monoisotopic (exact) mass is 270 g/mol. The molecule has 1 aromatic rings. The quantitative estimate of drug-likeness (QED) is 0.782. The summed E-state index contributed by atoms with van der Waals surface area (Å²) in [6.45, 7) is -0.0366. The van der Waals surface area contributed by atoms with Gasteiger partial charge in [-0.2, -0.15) is 0 Å². The molecule has 1 saturated carbocycles. The molecule has 1 aliphatic rings. The van der Waals surface area contributed by atoms with Gasteiger partial charge in [-0.15, -0.1) is 0 Å². The number of benzene rings is 1. The van der Waals surface area contributed by atoms with Gasteiger partial charge in [0, 0.05) is 12.6 Å². The van der Waals surface area contributed by atoms with Crippen molar-refractivity contribution in [3.8, 4) is 0 Å². The molecular weight excluding hydrogens is 258 g/mol. The molecule has 0 saturated heterocycles. The highest BCUT2D eigenvalue weighted by atomic mass is 19.1. The normalized spacial score (nSPS) is 15.7. The van der Waals surface area contributed by atoms with Gasteiger partial charge in [-0.25, -0.2) is 13.6 Å². The summed E-state index contributed by atoms with van der Waals surface area (Å²) >= 11 is 0. The van der Waals surface area contributed by atoms with Crippen molar-refractivity contribution >= 4 is 17.7 Å². The van der Waals surface area contributed by atoms with E-state index in [0.717, 1.165) is 18.2 Å². The van der Waals surface area contributed by atoms with E-state index >= 15 is 0 Å². The van der Waals surface area contributed by atoms with Gasteiger partial charge in [0.05, 0.1) is 11.1 Å². The number of aliphatic carboxylic acids is 1. The lowest BCUT2D eigenvalue weighted by molar-refractivity contribution is -0.143. The van der Waals surface area contributed by atoms with E-state index in [2.05, 4.69) is 10.6 Å². The van der Waals surface area contributed by atoms with Crippen LogP contribution in [-0.4, -0.2) is 23.7 Å². The second-order valence-corrected chi connectivity index (χ2v) is 4.52. The molecule has 1 aliphatic carbocycles. The first-order valence-corrected chi connectivity index (χ1v) is 5.66. The third-order valence-corrected chi connectivity index (χ3v) is 3.07. The van der Waals surface area contributed by atoms with Gasteiger partial charge in [-0.3, -0.25) is 4.79 Å². The van der Waals surface area contributed by atoms with Crippen LogP contribution < -0.4 is 10.6 Å². The largest absolute Gasteiger partial charge is 0.481 e. The summed E-state index contributed by atoms with van der Waals surface area (Å²) in [7, 11) is 0. The molecule has 0 atom stereocenters. The zero-order valence-electron chi connectivity index (χ0n) is 9.87. The summed E-state index contributed by atoms with van der Waals surface area (Å²) in [5.74, 6) is -2.42. The Hall–Kier alpha value is -2.18. The van der Waals surface area contributed by atoms with E-state index in [4.69, 9.17) is 5.11 Å². The Kier molecular flexibility index (Phi) is 3.37. The van der Waals surface area contributed by atoms with Gasteiger partial charge < -0.3 is 15.7 Å². The molecule has 2 rings (SSSR count). The van der Waals surface area contributed by atoms with Crippen molar-refractivity contribution in [2.75, 3.05) is 11.9 Å². The van der Waals surface area contributed by atoms with Crippen molar-refractivity contribution in [1.29, 1.82) is 0 Å². The lowest BCUT2D eigenvalue weighted by Crippen LogP contribution is -2.37. The molecule has 0 unspecified atom stereocenters. The Bertz CT molecular complexity index is 530. The molecule has 0 bridgehead atoms. The minimum Gasteiger partial charge on any atom is -0.481 e. The highest BCUT2D eigenvalue weighted by Crippen LogP contribution is 2.45. The zero-order chi connectivity index (χ0) is 14.0. The smallest absolute Gasteiger partial charge is 0.319 e. The van der Waals surface area contributed by atoms with Gasteiger partial charge in [-0.05, 0) is 25.0 Å². The van der Waals surface area contributed by atoms with Crippen molar-refractivity contribution in [3.63, 3.8) is 0 Å². The molecule has 0 radical (unpaired) electrons. The lowest BCUT2D eigenvalue weighted by Gasteiger charge is -2.12. The Morgan fingerprint density at radius 2 is 2.00 bits per heavy atom. The van der Waals surface area contributed by atoms with E-state index in [1.165, 1.54) is 0 Å².